The van der Waals surface area contributed by atoms with Crippen molar-refractivity contribution < 1.29 is 18.3 Å². The third-order valence-corrected chi connectivity index (χ3v) is 5.38. The number of anilines is 1. The van der Waals surface area contributed by atoms with Crippen molar-refractivity contribution in [2.24, 2.45) is 0 Å². The molecule has 0 aliphatic carbocycles. The van der Waals surface area contributed by atoms with Gasteiger partial charge in [-0.3, -0.25) is 9.89 Å². The van der Waals surface area contributed by atoms with E-state index in [2.05, 4.69) is 15.5 Å². The Hall–Kier alpha value is -3.32. The van der Waals surface area contributed by atoms with Gasteiger partial charge in [0.25, 0.3) is 5.91 Å². The number of nitrogens with zero attached hydrogens (tertiary/aromatic N) is 1. The van der Waals surface area contributed by atoms with Gasteiger partial charge in [0.1, 0.15) is 11.6 Å². The Kier molecular flexibility index (Phi) is 4.24. The number of H-pyrrole nitrogens is 1. The lowest BCUT2D eigenvalue weighted by atomic mass is 9.89. The van der Waals surface area contributed by atoms with Crippen molar-refractivity contribution in [3.05, 3.63) is 77.6 Å². The van der Waals surface area contributed by atoms with Gasteiger partial charge in [-0.05, 0) is 43.2 Å². The van der Waals surface area contributed by atoms with Crippen LogP contribution in [0.15, 0.2) is 60.3 Å². The Morgan fingerprint density at radius 2 is 1.83 bits per heavy atom. The average molecular weight is 393 g/mol. The largest absolute Gasteiger partial charge is 0.365 e. The second-order valence-electron chi connectivity index (χ2n) is 7.12. The van der Waals surface area contributed by atoms with E-state index in [9.17, 15) is 13.6 Å². The molecule has 146 valence electrons. The molecule has 0 saturated carbocycles. The smallest absolute Gasteiger partial charge is 0.254 e. The van der Waals surface area contributed by atoms with E-state index in [1.54, 1.807) is 30.5 Å². The highest BCUT2D eigenvalue weighted by Gasteiger charge is 2.44. The molecule has 3 heterocycles. The number of carbonyl (C=O) groups excluding carboxylic acids is 1. The first kappa shape index (κ1) is 17.8. The molecule has 5 rings (SSSR count). The predicted octanol–water partition coefficient (Wildman–Crippen LogP) is 4.31. The number of hydrogen-bond donors (Lipinski definition) is 2. The zero-order chi connectivity index (χ0) is 20.0. The minimum Gasteiger partial charge on any atom is -0.365 e. The zero-order valence-corrected chi connectivity index (χ0v) is 15.3. The van der Waals surface area contributed by atoms with Crippen LogP contribution in [0.1, 0.15) is 18.5 Å². The van der Waals surface area contributed by atoms with Crippen LogP contribution in [-0.2, 0) is 9.53 Å². The average Bonchev–Trinajstić information content (AvgIpc) is 3.46. The monoisotopic (exact) mass is 393 g/mol. The normalized spacial score (nSPS) is 20.3. The number of fused-ring (bicyclic) bond motifs is 2. The van der Waals surface area contributed by atoms with Crippen molar-refractivity contribution >= 4 is 17.2 Å². The summed E-state index contributed by atoms with van der Waals surface area (Å²) in [5.74, 6) is -1.45. The van der Waals surface area contributed by atoms with Gasteiger partial charge < -0.3 is 10.1 Å². The number of halogens is 2. The number of carbonyl (C=O) groups is 1. The molecule has 5 nitrogen and oxygen atoms in total. The van der Waals surface area contributed by atoms with Crippen LogP contribution in [0.3, 0.4) is 0 Å². The maximum atomic E-state index is 14.6. The van der Waals surface area contributed by atoms with E-state index < -0.39 is 11.6 Å². The van der Waals surface area contributed by atoms with E-state index in [1.807, 2.05) is 0 Å². The lowest BCUT2D eigenvalue weighted by molar-refractivity contribution is -0.113. The number of rotatable bonds is 4. The number of aromatic nitrogens is 2. The van der Waals surface area contributed by atoms with E-state index in [-0.39, 0.29) is 29.2 Å². The van der Waals surface area contributed by atoms with E-state index in [1.165, 1.54) is 24.3 Å². The Morgan fingerprint density at radius 1 is 1.03 bits per heavy atom. The van der Waals surface area contributed by atoms with Crippen molar-refractivity contribution in [3.63, 3.8) is 0 Å². The summed E-state index contributed by atoms with van der Waals surface area (Å²) in [4.78, 5) is 13.0. The molecule has 2 aliphatic heterocycles. The molecule has 2 atom stereocenters. The van der Waals surface area contributed by atoms with Crippen LogP contribution in [0.5, 0.6) is 0 Å². The third-order valence-electron chi connectivity index (χ3n) is 5.38. The molecule has 0 spiro atoms. The van der Waals surface area contributed by atoms with E-state index in [0.29, 0.717) is 11.3 Å². The second kappa shape index (κ2) is 6.93. The van der Waals surface area contributed by atoms with Gasteiger partial charge in [0, 0.05) is 28.6 Å². The van der Waals surface area contributed by atoms with Gasteiger partial charge in [0.2, 0.25) is 0 Å². The van der Waals surface area contributed by atoms with Crippen molar-refractivity contribution in [2.45, 2.75) is 25.0 Å². The summed E-state index contributed by atoms with van der Waals surface area (Å²) in [7, 11) is 0. The van der Waals surface area contributed by atoms with Crippen LogP contribution in [0, 0.1) is 11.6 Å². The Labute approximate surface area is 165 Å². The molecule has 7 heteroatoms. The first-order valence-corrected chi connectivity index (χ1v) is 9.37. The molecule has 1 aromatic heterocycles. The van der Waals surface area contributed by atoms with Crippen molar-refractivity contribution in [3.8, 4) is 11.1 Å². The second-order valence-corrected chi connectivity index (χ2v) is 7.12. The number of benzene rings is 2. The highest BCUT2D eigenvalue weighted by Crippen LogP contribution is 2.44. The Balaban J connectivity index is 1.44. The van der Waals surface area contributed by atoms with Crippen molar-refractivity contribution in [2.75, 3.05) is 5.32 Å². The molecule has 29 heavy (non-hydrogen) atoms. The van der Waals surface area contributed by atoms with Gasteiger partial charge in [0.15, 0.2) is 0 Å². The molecule has 1 unspecified atom stereocenters. The minimum absolute atomic E-state index is 0.138. The summed E-state index contributed by atoms with van der Waals surface area (Å²) in [6.07, 6.45) is 2.83. The number of aromatic amines is 1. The van der Waals surface area contributed by atoms with Crippen molar-refractivity contribution in [1.82, 2.24) is 10.2 Å². The molecule has 1 saturated heterocycles. The number of amides is 1. The molecule has 1 amide bonds. The molecular weight excluding hydrogens is 376 g/mol. The molecule has 3 aromatic rings. The molecule has 0 radical (unpaired) electrons. The summed E-state index contributed by atoms with van der Waals surface area (Å²) < 4.78 is 34.5. The Bertz CT molecular complexity index is 1120. The molecule has 2 bridgehead atoms. The maximum absolute atomic E-state index is 14.6. The zero-order valence-electron chi connectivity index (χ0n) is 15.3. The fourth-order valence-corrected chi connectivity index (χ4v) is 4.09. The highest BCUT2D eigenvalue weighted by molar-refractivity contribution is 6.11. The van der Waals surface area contributed by atoms with Crippen LogP contribution in [0.25, 0.3) is 16.7 Å². The summed E-state index contributed by atoms with van der Waals surface area (Å²) in [6.45, 7) is 0. The maximum Gasteiger partial charge on any atom is 0.254 e. The van der Waals surface area contributed by atoms with Crippen LogP contribution >= 0.6 is 0 Å². The summed E-state index contributed by atoms with van der Waals surface area (Å²) in [6, 6.07) is 12.0. The lowest BCUT2D eigenvalue weighted by Crippen LogP contribution is -2.23. The predicted molar refractivity (Wildman–Crippen MR) is 104 cm³/mol. The first-order chi connectivity index (χ1) is 14.1. The van der Waals surface area contributed by atoms with Gasteiger partial charge in [-0.2, -0.15) is 5.10 Å². The molecule has 2 aromatic carbocycles. The number of hydrogen-bond acceptors (Lipinski definition) is 3. The minimum atomic E-state index is -0.611. The van der Waals surface area contributed by atoms with E-state index in [4.69, 9.17) is 4.74 Å². The third kappa shape index (κ3) is 3.03. The van der Waals surface area contributed by atoms with Crippen LogP contribution < -0.4 is 5.32 Å². The fraction of sp³-hybridized carbons (Fsp3) is 0.182. The van der Waals surface area contributed by atoms with Gasteiger partial charge in [-0.1, -0.05) is 18.2 Å². The van der Waals surface area contributed by atoms with E-state index in [0.717, 1.165) is 24.1 Å². The molecular formula is C22H17F2N3O2. The summed E-state index contributed by atoms with van der Waals surface area (Å²) >= 11 is 0. The standard InChI is InChI=1S/C22H17F2N3O2/c23-15-4-2-1-3-13(15)14-6-5-12(11-16(14)24)26-22(28)21-19-8-7-18(29-19)20(21)17-9-10-25-27-17/h1-6,9-11,18-19H,7-8H2,(H,25,27)(H,26,28)/t18-,19?/m0/s1. The van der Waals surface area contributed by atoms with Crippen LogP contribution in [-0.4, -0.2) is 28.3 Å². The highest BCUT2D eigenvalue weighted by atomic mass is 19.1. The van der Waals surface area contributed by atoms with Crippen LogP contribution in [0.4, 0.5) is 14.5 Å². The van der Waals surface area contributed by atoms with Gasteiger partial charge >= 0.3 is 0 Å². The fourth-order valence-electron chi connectivity index (χ4n) is 4.09. The number of ether oxygens (including phenoxy) is 1. The molecule has 2 aliphatic rings. The molecule has 2 N–H and O–H groups in total. The van der Waals surface area contributed by atoms with Gasteiger partial charge in [-0.25, -0.2) is 8.78 Å². The SMILES string of the molecule is O=C(Nc1ccc(-c2ccccc2F)c(F)c1)C1=C(c2ccn[nH]2)[C@@H]2CCC1O2. The topological polar surface area (TPSA) is 67.0 Å². The van der Waals surface area contributed by atoms with Crippen LogP contribution in [0.2, 0.25) is 0 Å². The summed E-state index contributed by atoms with van der Waals surface area (Å²) in [5, 5.41) is 9.60. The summed E-state index contributed by atoms with van der Waals surface area (Å²) in [5.41, 5.74) is 2.72. The lowest BCUT2D eigenvalue weighted by Gasteiger charge is -2.16. The quantitative estimate of drug-likeness (QED) is 0.694. The van der Waals surface area contributed by atoms with Gasteiger partial charge in [-0.15, -0.1) is 0 Å². The molecule has 1 fully saturated rings. The Morgan fingerprint density at radius 3 is 2.59 bits per heavy atom. The number of nitrogens with one attached hydrogen (secondary N) is 2. The van der Waals surface area contributed by atoms with Crippen molar-refractivity contribution in [1.29, 1.82) is 0 Å². The van der Waals surface area contributed by atoms with Gasteiger partial charge in [0.05, 0.1) is 23.5 Å². The first-order valence-electron chi connectivity index (χ1n) is 9.37. The van der Waals surface area contributed by atoms with E-state index >= 15 is 0 Å².